The van der Waals surface area contributed by atoms with Crippen LogP contribution < -0.4 is 5.32 Å². The number of aliphatic carboxylic acids is 1. The van der Waals surface area contributed by atoms with Gasteiger partial charge in [0.2, 0.25) is 0 Å². The first-order valence-corrected chi connectivity index (χ1v) is 5.99. The highest BCUT2D eigenvalue weighted by Crippen LogP contribution is 2.26. The molecule has 1 heterocycles. The number of nitrogens with zero attached hydrogens (tertiary/aromatic N) is 2. The van der Waals surface area contributed by atoms with Crippen LogP contribution in [-0.2, 0) is 10.3 Å². The van der Waals surface area contributed by atoms with Crippen molar-refractivity contribution in [2.24, 2.45) is 0 Å². The van der Waals surface area contributed by atoms with Crippen LogP contribution in [0.1, 0.15) is 18.3 Å². The number of nitrogens with one attached hydrogen (secondary N) is 1. The number of rotatable bonds is 4. The molecule has 0 radical (unpaired) electrons. The van der Waals surface area contributed by atoms with Gasteiger partial charge in [0.15, 0.2) is 5.54 Å². The second-order valence-electron chi connectivity index (χ2n) is 4.55. The molecule has 1 unspecified atom stereocenters. The Morgan fingerprint density at radius 3 is 2.40 bits per heavy atom. The van der Waals surface area contributed by atoms with Crippen molar-refractivity contribution in [3.05, 3.63) is 53.9 Å². The number of carboxylic acids is 1. The highest BCUT2D eigenvalue weighted by atomic mass is 19.1. The summed E-state index contributed by atoms with van der Waals surface area (Å²) in [6, 6.07) is 5.46. The number of aryl methyl sites for hydroxylation is 1. The Morgan fingerprint density at radius 2 is 1.85 bits per heavy atom. The third kappa shape index (κ3) is 2.59. The van der Waals surface area contributed by atoms with Crippen molar-refractivity contribution in [1.82, 2.24) is 9.97 Å². The topological polar surface area (TPSA) is 75.1 Å². The van der Waals surface area contributed by atoms with E-state index in [2.05, 4.69) is 15.3 Å². The first-order chi connectivity index (χ1) is 9.43. The summed E-state index contributed by atoms with van der Waals surface area (Å²) in [7, 11) is 0. The standard InChI is InChI=1S/C14H14FN3O2/c1-9-12(17-8-7-16-9)14(2,13(19)20)18-11-5-3-10(15)4-6-11/h3-8,18H,1-2H3,(H,19,20). The molecule has 0 aliphatic heterocycles. The Balaban J connectivity index is 2.43. The van der Waals surface area contributed by atoms with E-state index in [0.29, 0.717) is 17.1 Å². The zero-order valence-electron chi connectivity index (χ0n) is 11.1. The van der Waals surface area contributed by atoms with Crippen molar-refractivity contribution in [3.63, 3.8) is 0 Å². The summed E-state index contributed by atoms with van der Waals surface area (Å²) >= 11 is 0. The number of aromatic nitrogens is 2. The van der Waals surface area contributed by atoms with E-state index in [1.165, 1.54) is 43.6 Å². The van der Waals surface area contributed by atoms with E-state index in [-0.39, 0.29) is 5.82 Å². The lowest BCUT2D eigenvalue weighted by Crippen LogP contribution is -2.42. The van der Waals surface area contributed by atoms with Gasteiger partial charge in [-0.3, -0.25) is 9.97 Å². The van der Waals surface area contributed by atoms with Gasteiger partial charge in [-0.25, -0.2) is 9.18 Å². The highest BCUT2D eigenvalue weighted by molar-refractivity contribution is 5.83. The third-order valence-corrected chi connectivity index (χ3v) is 3.02. The summed E-state index contributed by atoms with van der Waals surface area (Å²) in [4.78, 5) is 19.8. The molecular weight excluding hydrogens is 261 g/mol. The summed E-state index contributed by atoms with van der Waals surface area (Å²) in [6.07, 6.45) is 2.94. The van der Waals surface area contributed by atoms with Crippen LogP contribution >= 0.6 is 0 Å². The molecule has 2 N–H and O–H groups in total. The van der Waals surface area contributed by atoms with E-state index >= 15 is 0 Å². The second-order valence-corrected chi connectivity index (χ2v) is 4.55. The van der Waals surface area contributed by atoms with Crippen LogP contribution in [0.5, 0.6) is 0 Å². The zero-order chi connectivity index (χ0) is 14.8. The van der Waals surface area contributed by atoms with Crippen LogP contribution in [0.15, 0.2) is 36.7 Å². The fourth-order valence-electron chi connectivity index (χ4n) is 1.93. The van der Waals surface area contributed by atoms with Crippen LogP contribution in [0.2, 0.25) is 0 Å². The third-order valence-electron chi connectivity index (χ3n) is 3.02. The fourth-order valence-corrected chi connectivity index (χ4v) is 1.93. The molecular formula is C14H14FN3O2. The van der Waals surface area contributed by atoms with Crippen molar-refractivity contribution >= 4 is 11.7 Å². The maximum atomic E-state index is 12.9. The molecule has 0 fully saturated rings. The minimum absolute atomic E-state index is 0.317. The van der Waals surface area contributed by atoms with Crippen LogP contribution in [0.3, 0.4) is 0 Å². The van der Waals surface area contributed by atoms with Crippen LogP contribution in [0.25, 0.3) is 0 Å². The summed E-state index contributed by atoms with van der Waals surface area (Å²) in [5.74, 6) is -1.48. The number of hydrogen-bond acceptors (Lipinski definition) is 4. The van der Waals surface area contributed by atoms with E-state index in [0.717, 1.165) is 0 Å². The SMILES string of the molecule is Cc1nccnc1C(C)(Nc1ccc(F)cc1)C(=O)O. The molecule has 20 heavy (non-hydrogen) atoms. The number of carboxylic acid groups (broad SMARTS) is 1. The zero-order valence-corrected chi connectivity index (χ0v) is 11.1. The molecule has 2 rings (SSSR count). The van der Waals surface area contributed by atoms with E-state index in [1.807, 2.05) is 0 Å². The lowest BCUT2D eigenvalue weighted by atomic mass is 9.95. The molecule has 1 aromatic carbocycles. The number of benzene rings is 1. The number of anilines is 1. The van der Waals surface area contributed by atoms with Gasteiger partial charge in [-0.2, -0.15) is 0 Å². The molecule has 0 aliphatic rings. The molecule has 1 atom stereocenters. The van der Waals surface area contributed by atoms with Crippen molar-refractivity contribution in [2.45, 2.75) is 19.4 Å². The molecule has 0 bridgehead atoms. The molecule has 6 heteroatoms. The molecule has 0 saturated heterocycles. The van der Waals surface area contributed by atoms with Gasteiger partial charge >= 0.3 is 5.97 Å². The summed E-state index contributed by atoms with van der Waals surface area (Å²) in [5.41, 5.74) is -0.124. The normalized spacial score (nSPS) is 13.6. The van der Waals surface area contributed by atoms with E-state index < -0.39 is 11.5 Å². The van der Waals surface area contributed by atoms with Gasteiger partial charge in [-0.15, -0.1) is 0 Å². The Hall–Kier alpha value is -2.50. The molecule has 2 aromatic rings. The van der Waals surface area contributed by atoms with Gasteiger partial charge in [0.1, 0.15) is 5.82 Å². The minimum atomic E-state index is -1.45. The molecule has 0 aliphatic carbocycles. The van der Waals surface area contributed by atoms with E-state index in [4.69, 9.17) is 0 Å². The maximum absolute atomic E-state index is 12.9. The Kier molecular flexibility index (Phi) is 3.65. The Morgan fingerprint density at radius 1 is 1.25 bits per heavy atom. The molecule has 1 aromatic heterocycles. The largest absolute Gasteiger partial charge is 0.479 e. The second kappa shape index (κ2) is 5.24. The average Bonchev–Trinajstić information content (AvgIpc) is 2.41. The molecule has 0 spiro atoms. The summed E-state index contributed by atoms with van der Waals surface area (Å²) in [6.45, 7) is 3.19. The van der Waals surface area contributed by atoms with Gasteiger partial charge in [0.05, 0.1) is 11.4 Å². The number of halogens is 1. The first-order valence-electron chi connectivity index (χ1n) is 5.99. The van der Waals surface area contributed by atoms with Gasteiger partial charge in [-0.05, 0) is 38.1 Å². The average molecular weight is 275 g/mol. The van der Waals surface area contributed by atoms with Crippen molar-refractivity contribution in [1.29, 1.82) is 0 Å². The van der Waals surface area contributed by atoms with Crippen LogP contribution in [0, 0.1) is 12.7 Å². The van der Waals surface area contributed by atoms with Crippen molar-refractivity contribution < 1.29 is 14.3 Å². The Labute approximate surface area is 115 Å². The lowest BCUT2D eigenvalue weighted by Gasteiger charge is -2.27. The van der Waals surface area contributed by atoms with Crippen LogP contribution in [-0.4, -0.2) is 21.0 Å². The van der Waals surface area contributed by atoms with Gasteiger partial charge < -0.3 is 10.4 Å². The molecule has 0 amide bonds. The predicted molar refractivity (Wildman–Crippen MR) is 71.8 cm³/mol. The van der Waals surface area contributed by atoms with Gasteiger partial charge in [0.25, 0.3) is 0 Å². The minimum Gasteiger partial charge on any atom is -0.479 e. The van der Waals surface area contributed by atoms with E-state index in [9.17, 15) is 14.3 Å². The van der Waals surface area contributed by atoms with Gasteiger partial charge in [-0.1, -0.05) is 0 Å². The predicted octanol–water partition coefficient (Wildman–Crippen LogP) is 2.34. The summed E-state index contributed by atoms with van der Waals surface area (Å²) in [5, 5.41) is 12.4. The highest BCUT2D eigenvalue weighted by Gasteiger charge is 2.38. The quantitative estimate of drug-likeness (QED) is 0.895. The van der Waals surface area contributed by atoms with Crippen molar-refractivity contribution in [3.8, 4) is 0 Å². The first kappa shape index (κ1) is 13.9. The molecule has 104 valence electrons. The van der Waals surface area contributed by atoms with Crippen molar-refractivity contribution in [2.75, 3.05) is 5.32 Å². The molecule has 0 saturated carbocycles. The fraction of sp³-hybridized carbons (Fsp3) is 0.214. The molecule has 5 nitrogen and oxygen atoms in total. The maximum Gasteiger partial charge on any atom is 0.335 e. The van der Waals surface area contributed by atoms with E-state index in [1.54, 1.807) is 6.92 Å². The monoisotopic (exact) mass is 275 g/mol. The van der Waals surface area contributed by atoms with Gasteiger partial charge in [0, 0.05) is 18.1 Å². The smallest absolute Gasteiger partial charge is 0.335 e. The summed E-state index contributed by atoms with van der Waals surface area (Å²) < 4.78 is 12.9. The van der Waals surface area contributed by atoms with Crippen LogP contribution in [0.4, 0.5) is 10.1 Å². The Bertz CT molecular complexity index is 631. The number of carbonyl (C=O) groups is 1. The lowest BCUT2D eigenvalue weighted by molar-refractivity contribution is -0.142. The number of hydrogen-bond donors (Lipinski definition) is 2.